The molecule has 0 heterocycles. The number of ether oxygens (including phenoxy) is 1. The molecule has 1 aromatic carbocycles. The van der Waals surface area contributed by atoms with Crippen molar-refractivity contribution in [3.05, 3.63) is 24.3 Å². The van der Waals surface area contributed by atoms with Gasteiger partial charge in [0.2, 0.25) is 0 Å². The van der Waals surface area contributed by atoms with Crippen LogP contribution in [0.5, 0.6) is 11.5 Å². The standard InChI is InChI=1S/C9H10O4/c1-6(9(11)12)13-8-4-2-7(10)3-5-8/h2-6,10H,1H3,(H,11,12)/t6-/m0/s1. The van der Waals surface area contributed by atoms with Crippen molar-refractivity contribution in [3.63, 3.8) is 0 Å². The fraction of sp³-hybridized carbons (Fsp3) is 0.222. The Morgan fingerprint density at radius 1 is 1.38 bits per heavy atom. The topological polar surface area (TPSA) is 66.8 Å². The number of carboxylic acids is 1. The Bertz CT molecular complexity index is 291. The van der Waals surface area contributed by atoms with E-state index in [0.717, 1.165) is 0 Å². The molecule has 0 radical (unpaired) electrons. The molecule has 1 atom stereocenters. The highest BCUT2D eigenvalue weighted by molar-refractivity contribution is 5.72. The molecule has 0 spiro atoms. The molecule has 0 bridgehead atoms. The molecule has 0 aliphatic carbocycles. The third-order valence-electron chi connectivity index (χ3n) is 1.50. The van der Waals surface area contributed by atoms with E-state index in [0.29, 0.717) is 5.75 Å². The van der Waals surface area contributed by atoms with Crippen molar-refractivity contribution in [2.45, 2.75) is 13.0 Å². The molecule has 1 aromatic rings. The summed E-state index contributed by atoms with van der Waals surface area (Å²) in [7, 11) is 0. The normalized spacial score (nSPS) is 12.1. The van der Waals surface area contributed by atoms with Gasteiger partial charge >= 0.3 is 5.97 Å². The van der Waals surface area contributed by atoms with Crippen LogP contribution in [-0.2, 0) is 4.79 Å². The molecule has 0 fully saturated rings. The van der Waals surface area contributed by atoms with Gasteiger partial charge in [0.15, 0.2) is 6.10 Å². The molecule has 4 heteroatoms. The second-order valence-corrected chi connectivity index (χ2v) is 2.59. The minimum absolute atomic E-state index is 0.121. The zero-order valence-electron chi connectivity index (χ0n) is 7.10. The van der Waals surface area contributed by atoms with E-state index in [1.165, 1.54) is 31.2 Å². The summed E-state index contributed by atoms with van der Waals surface area (Å²) in [5.41, 5.74) is 0. The van der Waals surface area contributed by atoms with E-state index in [9.17, 15) is 4.79 Å². The molecule has 0 unspecified atom stereocenters. The third-order valence-corrected chi connectivity index (χ3v) is 1.50. The number of aliphatic carboxylic acids is 1. The Morgan fingerprint density at radius 3 is 2.38 bits per heavy atom. The van der Waals surface area contributed by atoms with Gasteiger partial charge in [0.1, 0.15) is 11.5 Å². The van der Waals surface area contributed by atoms with Crippen molar-refractivity contribution in [1.29, 1.82) is 0 Å². The van der Waals surface area contributed by atoms with Crippen molar-refractivity contribution in [3.8, 4) is 11.5 Å². The number of hydrogen-bond acceptors (Lipinski definition) is 3. The van der Waals surface area contributed by atoms with Gasteiger partial charge in [0.25, 0.3) is 0 Å². The Balaban J connectivity index is 2.64. The zero-order valence-corrected chi connectivity index (χ0v) is 7.10. The summed E-state index contributed by atoms with van der Waals surface area (Å²) >= 11 is 0. The minimum atomic E-state index is -1.02. The number of carbonyl (C=O) groups is 1. The first-order chi connectivity index (χ1) is 6.09. The monoisotopic (exact) mass is 182 g/mol. The molecule has 70 valence electrons. The van der Waals surface area contributed by atoms with E-state index >= 15 is 0 Å². The fourth-order valence-corrected chi connectivity index (χ4v) is 0.779. The minimum Gasteiger partial charge on any atom is -0.508 e. The van der Waals surface area contributed by atoms with Gasteiger partial charge in [-0.3, -0.25) is 0 Å². The van der Waals surface area contributed by atoms with Crippen LogP contribution in [0.1, 0.15) is 6.92 Å². The maximum atomic E-state index is 10.4. The highest BCUT2D eigenvalue weighted by atomic mass is 16.5. The zero-order chi connectivity index (χ0) is 9.84. The first kappa shape index (κ1) is 9.38. The van der Waals surface area contributed by atoms with Crippen LogP contribution >= 0.6 is 0 Å². The lowest BCUT2D eigenvalue weighted by atomic mass is 10.3. The van der Waals surface area contributed by atoms with E-state index in [1.54, 1.807) is 0 Å². The Morgan fingerprint density at radius 2 is 1.92 bits per heavy atom. The number of hydrogen-bond donors (Lipinski definition) is 2. The largest absolute Gasteiger partial charge is 0.508 e. The number of aromatic hydroxyl groups is 1. The van der Waals surface area contributed by atoms with Crippen LogP contribution in [0.25, 0.3) is 0 Å². The Labute approximate surface area is 75.4 Å². The molecule has 0 saturated heterocycles. The second-order valence-electron chi connectivity index (χ2n) is 2.59. The van der Waals surface area contributed by atoms with Gasteiger partial charge < -0.3 is 14.9 Å². The average molecular weight is 182 g/mol. The molecule has 0 aliphatic rings. The quantitative estimate of drug-likeness (QED) is 0.738. The smallest absolute Gasteiger partial charge is 0.344 e. The molecule has 0 aliphatic heterocycles. The van der Waals surface area contributed by atoms with Crippen molar-refractivity contribution in [1.82, 2.24) is 0 Å². The molecule has 2 N–H and O–H groups in total. The highest BCUT2D eigenvalue weighted by Crippen LogP contribution is 2.16. The summed E-state index contributed by atoms with van der Waals surface area (Å²) in [6.07, 6.45) is -0.885. The van der Waals surface area contributed by atoms with Crippen LogP contribution in [-0.4, -0.2) is 22.3 Å². The van der Waals surface area contributed by atoms with E-state index in [2.05, 4.69) is 0 Å². The molecule has 4 nitrogen and oxygen atoms in total. The Hall–Kier alpha value is -1.71. The van der Waals surface area contributed by atoms with E-state index in [1.807, 2.05) is 0 Å². The van der Waals surface area contributed by atoms with Gasteiger partial charge in [0.05, 0.1) is 0 Å². The van der Waals surface area contributed by atoms with Gasteiger partial charge in [-0.2, -0.15) is 0 Å². The van der Waals surface area contributed by atoms with Crippen molar-refractivity contribution < 1.29 is 19.7 Å². The molecular formula is C9H10O4. The van der Waals surface area contributed by atoms with E-state index < -0.39 is 12.1 Å². The number of carboxylic acid groups (broad SMARTS) is 1. The van der Waals surface area contributed by atoms with Crippen molar-refractivity contribution in [2.24, 2.45) is 0 Å². The van der Waals surface area contributed by atoms with Gasteiger partial charge in [-0.15, -0.1) is 0 Å². The molecular weight excluding hydrogens is 172 g/mol. The molecule has 0 amide bonds. The van der Waals surface area contributed by atoms with Crippen LogP contribution < -0.4 is 4.74 Å². The first-order valence-corrected chi connectivity index (χ1v) is 3.78. The summed E-state index contributed by atoms with van der Waals surface area (Å²) in [5.74, 6) is -0.476. The first-order valence-electron chi connectivity index (χ1n) is 3.78. The average Bonchev–Trinajstić information content (AvgIpc) is 2.08. The summed E-state index contributed by atoms with van der Waals surface area (Å²) < 4.78 is 5.02. The lowest BCUT2D eigenvalue weighted by Crippen LogP contribution is -2.22. The number of phenols is 1. The predicted molar refractivity (Wildman–Crippen MR) is 45.8 cm³/mol. The van der Waals surface area contributed by atoms with Crippen LogP contribution in [0.4, 0.5) is 0 Å². The van der Waals surface area contributed by atoms with Gasteiger partial charge in [0, 0.05) is 0 Å². The molecule has 0 aromatic heterocycles. The number of rotatable bonds is 3. The number of benzene rings is 1. The summed E-state index contributed by atoms with van der Waals surface area (Å²) in [5, 5.41) is 17.5. The van der Waals surface area contributed by atoms with Gasteiger partial charge in [-0.25, -0.2) is 4.79 Å². The maximum Gasteiger partial charge on any atom is 0.344 e. The van der Waals surface area contributed by atoms with Gasteiger partial charge in [-0.05, 0) is 31.2 Å². The summed E-state index contributed by atoms with van der Waals surface area (Å²) in [4.78, 5) is 10.4. The summed E-state index contributed by atoms with van der Waals surface area (Å²) in [6.45, 7) is 1.44. The third kappa shape index (κ3) is 2.66. The Kier molecular flexibility index (Phi) is 2.74. The van der Waals surface area contributed by atoms with Crippen molar-refractivity contribution >= 4 is 5.97 Å². The lowest BCUT2D eigenvalue weighted by molar-refractivity contribution is -0.144. The fourth-order valence-electron chi connectivity index (χ4n) is 0.779. The van der Waals surface area contributed by atoms with Gasteiger partial charge in [-0.1, -0.05) is 0 Å². The molecule has 1 rings (SSSR count). The summed E-state index contributed by atoms with van der Waals surface area (Å²) in [6, 6.07) is 5.89. The van der Waals surface area contributed by atoms with E-state index in [-0.39, 0.29) is 5.75 Å². The second kappa shape index (κ2) is 3.80. The van der Waals surface area contributed by atoms with E-state index in [4.69, 9.17) is 14.9 Å². The molecule has 0 saturated carbocycles. The maximum absolute atomic E-state index is 10.4. The lowest BCUT2D eigenvalue weighted by Gasteiger charge is -2.09. The van der Waals surface area contributed by atoms with Crippen LogP contribution in [0.3, 0.4) is 0 Å². The SMILES string of the molecule is C[C@H](Oc1ccc(O)cc1)C(=O)O. The van der Waals surface area contributed by atoms with Crippen LogP contribution in [0.2, 0.25) is 0 Å². The highest BCUT2D eigenvalue weighted by Gasteiger charge is 2.11. The van der Waals surface area contributed by atoms with Crippen molar-refractivity contribution in [2.75, 3.05) is 0 Å². The predicted octanol–water partition coefficient (Wildman–Crippen LogP) is 1.24. The molecule has 13 heavy (non-hydrogen) atoms. The van der Waals surface area contributed by atoms with Crippen LogP contribution in [0, 0.1) is 0 Å². The van der Waals surface area contributed by atoms with Crippen LogP contribution in [0.15, 0.2) is 24.3 Å². The number of phenolic OH excluding ortho intramolecular Hbond substituents is 1.